The number of amides is 1. The van der Waals surface area contributed by atoms with Crippen LogP contribution in [-0.4, -0.2) is 31.3 Å². The van der Waals surface area contributed by atoms with Crippen LogP contribution < -0.4 is 5.32 Å². The SMILES string of the molecule is C=CCOC(=O)NC(C)C(=O)OCCCCCCCCCCCCCC. The Morgan fingerprint density at radius 3 is 1.88 bits per heavy atom. The maximum atomic E-state index is 11.7. The molecule has 0 aliphatic heterocycles. The summed E-state index contributed by atoms with van der Waals surface area (Å²) in [6.45, 7) is 7.81. The second kappa shape index (κ2) is 18.3. The molecule has 1 unspecified atom stereocenters. The van der Waals surface area contributed by atoms with E-state index in [1.807, 2.05) is 0 Å². The van der Waals surface area contributed by atoms with Crippen molar-refractivity contribution in [2.45, 2.75) is 96.9 Å². The van der Waals surface area contributed by atoms with Crippen molar-refractivity contribution in [2.75, 3.05) is 13.2 Å². The Hall–Kier alpha value is -1.52. The highest BCUT2D eigenvalue weighted by Gasteiger charge is 2.17. The fourth-order valence-corrected chi connectivity index (χ4v) is 2.65. The van der Waals surface area contributed by atoms with Gasteiger partial charge in [0.25, 0.3) is 0 Å². The number of hydrogen-bond acceptors (Lipinski definition) is 4. The van der Waals surface area contributed by atoms with Gasteiger partial charge in [-0.2, -0.15) is 0 Å². The monoisotopic (exact) mass is 369 g/mol. The lowest BCUT2D eigenvalue weighted by atomic mass is 10.1. The number of nitrogens with one attached hydrogen (secondary N) is 1. The summed E-state index contributed by atoms with van der Waals surface area (Å²) in [5.41, 5.74) is 0. The van der Waals surface area contributed by atoms with E-state index in [4.69, 9.17) is 9.47 Å². The van der Waals surface area contributed by atoms with Crippen LogP contribution in [-0.2, 0) is 14.3 Å². The molecule has 0 aliphatic rings. The van der Waals surface area contributed by atoms with Crippen molar-refractivity contribution < 1.29 is 19.1 Å². The van der Waals surface area contributed by atoms with Crippen molar-refractivity contribution in [3.05, 3.63) is 12.7 Å². The molecule has 1 amide bonds. The molecule has 0 saturated carbocycles. The molecule has 0 fully saturated rings. The van der Waals surface area contributed by atoms with E-state index in [0.717, 1.165) is 12.8 Å². The number of carbonyl (C=O) groups is 2. The van der Waals surface area contributed by atoms with E-state index in [-0.39, 0.29) is 6.61 Å². The zero-order valence-electron chi connectivity index (χ0n) is 16.9. The molecule has 0 aromatic heterocycles. The number of ether oxygens (including phenoxy) is 2. The van der Waals surface area contributed by atoms with Crippen LogP contribution in [0.5, 0.6) is 0 Å². The Morgan fingerprint density at radius 2 is 1.38 bits per heavy atom. The van der Waals surface area contributed by atoms with Gasteiger partial charge in [0, 0.05) is 0 Å². The maximum absolute atomic E-state index is 11.7. The zero-order chi connectivity index (χ0) is 19.5. The Kier molecular flexibility index (Phi) is 17.2. The average Bonchev–Trinajstić information content (AvgIpc) is 2.63. The molecule has 0 saturated heterocycles. The summed E-state index contributed by atoms with van der Waals surface area (Å²) in [6.07, 6.45) is 16.1. The van der Waals surface area contributed by atoms with Gasteiger partial charge in [-0.25, -0.2) is 9.59 Å². The third-order valence-corrected chi connectivity index (χ3v) is 4.26. The molecule has 0 aromatic carbocycles. The molecule has 1 N–H and O–H groups in total. The summed E-state index contributed by atoms with van der Waals surface area (Å²) in [5.74, 6) is -0.427. The van der Waals surface area contributed by atoms with Gasteiger partial charge in [0.15, 0.2) is 0 Å². The topological polar surface area (TPSA) is 64.6 Å². The number of carbonyl (C=O) groups excluding carboxylic acids is 2. The molecule has 0 heterocycles. The standard InChI is InChI=1S/C21H39NO4/c1-4-6-7-8-9-10-11-12-13-14-15-16-18-25-20(23)19(3)22-21(24)26-17-5-2/h5,19H,2,4,6-18H2,1,3H3,(H,22,24). The molecule has 0 radical (unpaired) electrons. The quantitative estimate of drug-likeness (QED) is 0.208. The highest BCUT2D eigenvalue weighted by Crippen LogP contribution is 2.11. The molecule has 5 nitrogen and oxygen atoms in total. The van der Waals surface area contributed by atoms with Crippen molar-refractivity contribution in [1.82, 2.24) is 5.32 Å². The summed E-state index contributed by atoms with van der Waals surface area (Å²) in [4.78, 5) is 23.1. The van der Waals surface area contributed by atoms with Crippen LogP contribution in [0.15, 0.2) is 12.7 Å². The van der Waals surface area contributed by atoms with E-state index in [1.54, 1.807) is 6.92 Å². The minimum atomic E-state index is -0.704. The lowest BCUT2D eigenvalue weighted by Gasteiger charge is -2.13. The number of hydrogen-bond donors (Lipinski definition) is 1. The minimum absolute atomic E-state index is 0.118. The van der Waals surface area contributed by atoms with E-state index in [1.165, 1.54) is 70.3 Å². The lowest BCUT2D eigenvalue weighted by molar-refractivity contribution is -0.145. The smallest absolute Gasteiger partial charge is 0.408 e. The van der Waals surface area contributed by atoms with E-state index in [0.29, 0.717) is 6.61 Å². The van der Waals surface area contributed by atoms with E-state index >= 15 is 0 Å². The first-order valence-corrected chi connectivity index (χ1v) is 10.3. The normalized spacial score (nSPS) is 11.6. The second-order valence-electron chi connectivity index (χ2n) is 6.81. The van der Waals surface area contributed by atoms with Gasteiger partial charge in [-0.05, 0) is 13.3 Å². The van der Waals surface area contributed by atoms with Gasteiger partial charge in [0.2, 0.25) is 0 Å². The highest BCUT2D eigenvalue weighted by molar-refractivity contribution is 5.80. The van der Waals surface area contributed by atoms with Crippen LogP contribution in [0.2, 0.25) is 0 Å². The highest BCUT2D eigenvalue weighted by atomic mass is 16.6. The maximum Gasteiger partial charge on any atom is 0.408 e. The fraction of sp³-hybridized carbons (Fsp3) is 0.810. The first-order chi connectivity index (χ1) is 12.6. The molecule has 0 aliphatic carbocycles. The van der Waals surface area contributed by atoms with Crippen molar-refractivity contribution in [3.63, 3.8) is 0 Å². The van der Waals surface area contributed by atoms with Crippen molar-refractivity contribution >= 4 is 12.1 Å². The predicted octanol–water partition coefficient (Wildman–Crippen LogP) is 5.53. The van der Waals surface area contributed by atoms with E-state index < -0.39 is 18.1 Å². The molecule has 0 aromatic rings. The molecular formula is C21H39NO4. The van der Waals surface area contributed by atoms with Crippen molar-refractivity contribution in [3.8, 4) is 0 Å². The van der Waals surface area contributed by atoms with Crippen LogP contribution in [0.3, 0.4) is 0 Å². The van der Waals surface area contributed by atoms with Gasteiger partial charge in [0.1, 0.15) is 12.6 Å². The first kappa shape index (κ1) is 24.5. The van der Waals surface area contributed by atoms with Gasteiger partial charge in [0.05, 0.1) is 6.61 Å². The molecular weight excluding hydrogens is 330 g/mol. The third kappa shape index (κ3) is 16.0. The first-order valence-electron chi connectivity index (χ1n) is 10.3. The number of alkyl carbamates (subject to hydrolysis) is 1. The third-order valence-electron chi connectivity index (χ3n) is 4.26. The zero-order valence-corrected chi connectivity index (χ0v) is 16.9. The van der Waals surface area contributed by atoms with Gasteiger partial charge in [-0.15, -0.1) is 0 Å². The molecule has 0 bridgehead atoms. The Labute approximate surface area is 159 Å². The van der Waals surface area contributed by atoms with Crippen LogP contribution in [0.1, 0.15) is 90.9 Å². The van der Waals surface area contributed by atoms with E-state index in [2.05, 4.69) is 18.8 Å². The summed E-state index contributed by atoms with van der Waals surface area (Å²) in [7, 11) is 0. The molecule has 5 heteroatoms. The number of rotatable bonds is 17. The fourth-order valence-electron chi connectivity index (χ4n) is 2.65. The lowest BCUT2D eigenvalue weighted by Crippen LogP contribution is -2.40. The Morgan fingerprint density at radius 1 is 0.885 bits per heavy atom. The van der Waals surface area contributed by atoms with Gasteiger partial charge in [-0.1, -0.05) is 90.2 Å². The van der Waals surface area contributed by atoms with Crippen LogP contribution in [0.4, 0.5) is 4.79 Å². The minimum Gasteiger partial charge on any atom is -0.464 e. The van der Waals surface area contributed by atoms with Gasteiger partial charge in [-0.3, -0.25) is 0 Å². The number of esters is 1. The largest absolute Gasteiger partial charge is 0.464 e. The van der Waals surface area contributed by atoms with Gasteiger partial charge < -0.3 is 14.8 Å². The summed E-state index contributed by atoms with van der Waals surface area (Å²) in [5, 5.41) is 2.43. The Balaban J connectivity index is 3.39. The molecule has 26 heavy (non-hydrogen) atoms. The van der Waals surface area contributed by atoms with E-state index in [9.17, 15) is 9.59 Å². The van der Waals surface area contributed by atoms with Crippen molar-refractivity contribution in [1.29, 1.82) is 0 Å². The summed E-state index contributed by atoms with van der Waals surface area (Å²) < 4.78 is 9.93. The predicted molar refractivity (Wildman–Crippen MR) is 106 cm³/mol. The van der Waals surface area contributed by atoms with Crippen LogP contribution >= 0.6 is 0 Å². The van der Waals surface area contributed by atoms with Crippen LogP contribution in [0, 0.1) is 0 Å². The molecule has 1 atom stereocenters. The average molecular weight is 370 g/mol. The summed E-state index contributed by atoms with van der Waals surface area (Å²) >= 11 is 0. The number of unbranched alkanes of at least 4 members (excludes halogenated alkanes) is 11. The molecule has 0 spiro atoms. The second-order valence-corrected chi connectivity index (χ2v) is 6.81. The Bertz CT molecular complexity index is 371. The van der Waals surface area contributed by atoms with Gasteiger partial charge >= 0.3 is 12.1 Å². The summed E-state index contributed by atoms with van der Waals surface area (Å²) in [6, 6.07) is -0.704. The molecule has 152 valence electrons. The molecule has 0 rings (SSSR count). The van der Waals surface area contributed by atoms with Crippen LogP contribution in [0.25, 0.3) is 0 Å². The van der Waals surface area contributed by atoms with Crippen molar-refractivity contribution in [2.24, 2.45) is 0 Å².